The normalized spacial score (nSPS) is 20.2. The SMILES string of the molecule is CC(O)(CC(=O)NCC1(O)CCC1)c1ccccc1. The van der Waals surface area contributed by atoms with Gasteiger partial charge in [-0.15, -0.1) is 0 Å². The van der Waals surface area contributed by atoms with E-state index in [4.69, 9.17) is 0 Å². The van der Waals surface area contributed by atoms with Crippen LogP contribution < -0.4 is 5.32 Å². The Kier molecular flexibility index (Phi) is 3.92. The number of amides is 1. The first-order valence-corrected chi connectivity index (χ1v) is 6.68. The zero-order valence-corrected chi connectivity index (χ0v) is 11.2. The molecule has 1 atom stereocenters. The van der Waals surface area contributed by atoms with Gasteiger partial charge in [-0.25, -0.2) is 0 Å². The van der Waals surface area contributed by atoms with E-state index in [2.05, 4.69) is 5.32 Å². The van der Waals surface area contributed by atoms with Crippen LogP contribution in [0.4, 0.5) is 0 Å². The molecule has 1 amide bonds. The Bertz CT molecular complexity index is 438. The molecule has 1 aliphatic rings. The van der Waals surface area contributed by atoms with Crippen LogP contribution >= 0.6 is 0 Å². The van der Waals surface area contributed by atoms with Crippen molar-refractivity contribution in [2.75, 3.05) is 6.54 Å². The van der Waals surface area contributed by atoms with Gasteiger partial charge in [0.1, 0.15) is 0 Å². The highest BCUT2D eigenvalue weighted by molar-refractivity contribution is 5.77. The maximum absolute atomic E-state index is 11.8. The van der Waals surface area contributed by atoms with Gasteiger partial charge in [0, 0.05) is 6.54 Å². The van der Waals surface area contributed by atoms with E-state index in [1.165, 1.54) is 0 Å². The number of hydrogen-bond acceptors (Lipinski definition) is 3. The first-order chi connectivity index (χ1) is 8.91. The summed E-state index contributed by atoms with van der Waals surface area (Å²) in [5, 5.41) is 22.9. The van der Waals surface area contributed by atoms with E-state index in [1.807, 2.05) is 18.2 Å². The molecule has 1 aromatic rings. The van der Waals surface area contributed by atoms with Crippen LogP contribution in [0.25, 0.3) is 0 Å². The Morgan fingerprint density at radius 2 is 2.00 bits per heavy atom. The van der Waals surface area contributed by atoms with Gasteiger partial charge in [0.15, 0.2) is 0 Å². The predicted molar refractivity (Wildman–Crippen MR) is 72.4 cm³/mol. The van der Waals surface area contributed by atoms with E-state index < -0.39 is 11.2 Å². The molecule has 0 heterocycles. The fourth-order valence-electron chi connectivity index (χ4n) is 2.30. The summed E-state index contributed by atoms with van der Waals surface area (Å²) < 4.78 is 0. The van der Waals surface area contributed by atoms with Gasteiger partial charge in [0.05, 0.1) is 17.6 Å². The lowest BCUT2D eigenvalue weighted by Gasteiger charge is -2.36. The molecule has 1 aliphatic carbocycles. The molecule has 1 unspecified atom stereocenters. The number of hydrogen-bond donors (Lipinski definition) is 3. The van der Waals surface area contributed by atoms with Crippen molar-refractivity contribution in [3.05, 3.63) is 35.9 Å². The van der Waals surface area contributed by atoms with Crippen LogP contribution in [-0.4, -0.2) is 28.3 Å². The molecule has 4 heteroatoms. The summed E-state index contributed by atoms with van der Waals surface area (Å²) in [6, 6.07) is 9.13. The second-order valence-corrected chi connectivity index (χ2v) is 5.67. The molecular formula is C15H21NO3. The van der Waals surface area contributed by atoms with Crippen molar-refractivity contribution in [1.29, 1.82) is 0 Å². The predicted octanol–water partition coefficient (Wildman–Crippen LogP) is 1.32. The first kappa shape index (κ1) is 14.0. The molecule has 19 heavy (non-hydrogen) atoms. The highest BCUT2D eigenvalue weighted by Crippen LogP contribution is 2.31. The molecule has 0 bridgehead atoms. The van der Waals surface area contributed by atoms with Crippen LogP contribution in [0.3, 0.4) is 0 Å². The fraction of sp³-hybridized carbons (Fsp3) is 0.533. The van der Waals surface area contributed by atoms with Gasteiger partial charge in [-0.05, 0) is 31.7 Å². The van der Waals surface area contributed by atoms with Gasteiger partial charge in [0.2, 0.25) is 5.91 Å². The summed E-state index contributed by atoms with van der Waals surface area (Å²) in [6.07, 6.45) is 2.48. The molecule has 0 radical (unpaired) electrons. The Labute approximate surface area is 113 Å². The summed E-state index contributed by atoms with van der Waals surface area (Å²) in [7, 11) is 0. The number of aliphatic hydroxyl groups is 2. The zero-order valence-electron chi connectivity index (χ0n) is 11.2. The maximum atomic E-state index is 11.8. The van der Waals surface area contributed by atoms with E-state index in [1.54, 1.807) is 19.1 Å². The highest BCUT2D eigenvalue weighted by atomic mass is 16.3. The lowest BCUT2D eigenvalue weighted by atomic mass is 9.80. The van der Waals surface area contributed by atoms with Gasteiger partial charge < -0.3 is 15.5 Å². The third-order valence-electron chi connectivity index (χ3n) is 3.80. The van der Waals surface area contributed by atoms with Crippen LogP contribution in [0, 0.1) is 0 Å². The first-order valence-electron chi connectivity index (χ1n) is 6.68. The molecule has 0 aromatic heterocycles. The number of nitrogens with one attached hydrogen (secondary N) is 1. The Morgan fingerprint density at radius 1 is 1.37 bits per heavy atom. The van der Waals surface area contributed by atoms with Crippen LogP contribution in [0.5, 0.6) is 0 Å². The molecule has 1 saturated carbocycles. The second-order valence-electron chi connectivity index (χ2n) is 5.67. The standard InChI is InChI=1S/C15H21NO3/c1-14(18,12-6-3-2-4-7-12)10-13(17)16-11-15(19)8-5-9-15/h2-4,6-7,18-19H,5,8-11H2,1H3,(H,16,17). The molecule has 0 saturated heterocycles. The van der Waals surface area contributed by atoms with Gasteiger partial charge in [-0.1, -0.05) is 30.3 Å². The van der Waals surface area contributed by atoms with E-state index in [-0.39, 0.29) is 18.9 Å². The minimum Gasteiger partial charge on any atom is -0.388 e. The average Bonchev–Trinajstić information content (AvgIpc) is 2.35. The van der Waals surface area contributed by atoms with Crippen LogP contribution in [0.15, 0.2) is 30.3 Å². The van der Waals surface area contributed by atoms with Crippen LogP contribution in [-0.2, 0) is 10.4 Å². The van der Waals surface area contributed by atoms with Crippen molar-refractivity contribution in [3.8, 4) is 0 Å². The third kappa shape index (κ3) is 3.55. The molecule has 2 rings (SSSR count). The molecule has 0 spiro atoms. The summed E-state index contributed by atoms with van der Waals surface area (Å²) in [5.74, 6) is -0.242. The van der Waals surface area contributed by atoms with E-state index in [0.717, 1.165) is 19.3 Å². The number of carbonyl (C=O) groups is 1. The van der Waals surface area contributed by atoms with Crippen LogP contribution in [0.1, 0.15) is 38.2 Å². The summed E-state index contributed by atoms with van der Waals surface area (Å²) >= 11 is 0. The van der Waals surface area contributed by atoms with Gasteiger partial charge in [-0.2, -0.15) is 0 Å². The van der Waals surface area contributed by atoms with Crippen molar-refractivity contribution >= 4 is 5.91 Å². The maximum Gasteiger partial charge on any atom is 0.223 e. The third-order valence-corrected chi connectivity index (χ3v) is 3.80. The fourth-order valence-corrected chi connectivity index (χ4v) is 2.30. The molecule has 0 aliphatic heterocycles. The van der Waals surface area contributed by atoms with Crippen molar-refractivity contribution in [1.82, 2.24) is 5.32 Å². The number of benzene rings is 1. The van der Waals surface area contributed by atoms with Crippen molar-refractivity contribution < 1.29 is 15.0 Å². The zero-order chi connectivity index (χ0) is 13.9. The van der Waals surface area contributed by atoms with Crippen molar-refractivity contribution in [3.63, 3.8) is 0 Å². The lowest BCUT2D eigenvalue weighted by Crippen LogP contribution is -2.48. The molecule has 3 N–H and O–H groups in total. The van der Waals surface area contributed by atoms with Gasteiger partial charge >= 0.3 is 0 Å². The molecule has 4 nitrogen and oxygen atoms in total. The lowest BCUT2D eigenvalue weighted by molar-refractivity contribution is -0.128. The number of carbonyl (C=O) groups excluding carboxylic acids is 1. The second kappa shape index (κ2) is 5.31. The largest absolute Gasteiger partial charge is 0.388 e. The Hall–Kier alpha value is -1.39. The van der Waals surface area contributed by atoms with Gasteiger partial charge in [-0.3, -0.25) is 4.79 Å². The smallest absolute Gasteiger partial charge is 0.223 e. The molecule has 1 aromatic carbocycles. The van der Waals surface area contributed by atoms with Crippen molar-refractivity contribution in [2.24, 2.45) is 0 Å². The summed E-state index contributed by atoms with van der Waals surface area (Å²) in [6.45, 7) is 1.90. The minimum absolute atomic E-state index is 0.00685. The van der Waals surface area contributed by atoms with E-state index in [9.17, 15) is 15.0 Å². The molecular weight excluding hydrogens is 242 g/mol. The summed E-state index contributed by atoms with van der Waals surface area (Å²) in [4.78, 5) is 11.8. The number of rotatable bonds is 5. The summed E-state index contributed by atoms with van der Waals surface area (Å²) in [5.41, 5.74) is -1.20. The molecule has 104 valence electrons. The van der Waals surface area contributed by atoms with Crippen LogP contribution in [0.2, 0.25) is 0 Å². The van der Waals surface area contributed by atoms with E-state index >= 15 is 0 Å². The monoisotopic (exact) mass is 263 g/mol. The topological polar surface area (TPSA) is 69.6 Å². The Balaban J connectivity index is 1.87. The highest BCUT2D eigenvalue weighted by Gasteiger charge is 2.35. The quantitative estimate of drug-likeness (QED) is 0.750. The Morgan fingerprint density at radius 3 is 2.53 bits per heavy atom. The van der Waals surface area contributed by atoms with E-state index in [0.29, 0.717) is 5.56 Å². The van der Waals surface area contributed by atoms with Gasteiger partial charge in [0.25, 0.3) is 0 Å². The average molecular weight is 263 g/mol. The minimum atomic E-state index is -1.19. The van der Waals surface area contributed by atoms with Crippen molar-refractivity contribution in [2.45, 2.75) is 43.8 Å². The molecule has 1 fully saturated rings.